The van der Waals surface area contributed by atoms with Crippen LogP contribution in [0.2, 0.25) is 5.02 Å². The van der Waals surface area contributed by atoms with Crippen LogP contribution in [0, 0.1) is 11.3 Å². The first-order valence-electron chi connectivity index (χ1n) is 6.55. The van der Waals surface area contributed by atoms with E-state index in [1.165, 1.54) is 6.08 Å². The van der Waals surface area contributed by atoms with E-state index in [9.17, 15) is 10.1 Å². The lowest BCUT2D eigenvalue weighted by molar-refractivity contribution is -0.112. The van der Waals surface area contributed by atoms with Gasteiger partial charge in [-0.2, -0.15) is 5.26 Å². The fourth-order valence-electron chi connectivity index (χ4n) is 1.82. The Labute approximate surface area is 147 Å². The average molecular weight is 392 g/mol. The van der Waals surface area contributed by atoms with Crippen LogP contribution >= 0.6 is 27.5 Å². The molecule has 0 bridgehead atoms. The highest BCUT2D eigenvalue weighted by molar-refractivity contribution is 9.10. The van der Waals surface area contributed by atoms with E-state index in [0.717, 1.165) is 4.47 Å². The van der Waals surface area contributed by atoms with Crippen molar-refractivity contribution in [1.29, 1.82) is 5.26 Å². The van der Waals surface area contributed by atoms with Crippen molar-refractivity contribution in [3.8, 4) is 11.8 Å². The zero-order valence-electron chi connectivity index (χ0n) is 12.1. The van der Waals surface area contributed by atoms with Crippen LogP contribution in [0.1, 0.15) is 5.56 Å². The van der Waals surface area contributed by atoms with Crippen molar-refractivity contribution >= 4 is 45.2 Å². The van der Waals surface area contributed by atoms with Crippen LogP contribution in [0.5, 0.6) is 5.75 Å². The van der Waals surface area contributed by atoms with Crippen LogP contribution in [0.3, 0.4) is 0 Å². The highest BCUT2D eigenvalue weighted by atomic mass is 79.9. The monoisotopic (exact) mass is 390 g/mol. The van der Waals surface area contributed by atoms with Crippen molar-refractivity contribution in [2.75, 3.05) is 12.4 Å². The summed E-state index contributed by atoms with van der Waals surface area (Å²) in [7, 11) is 1.57. The van der Waals surface area contributed by atoms with Crippen LogP contribution in [0.25, 0.3) is 6.08 Å². The first kappa shape index (κ1) is 17.1. The molecule has 0 aliphatic rings. The number of hydrogen-bond donors (Lipinski definition) is 1. The van der Waals surface area contributed by atoms with Crippen molar-refractivity contribution in [3.63, 3.8) is 0 Å². The SMILES string of the molecule is COc1ccc(C=C(C#N)C(=O)Nc2ccc(Cl)cc2)cc1Br. The summed E-state index contributed by atoms with van der Waals surface area (Å²) < 4.78 is 5.88. The predicted octanol–water partition coefficient (Wildman–Crippen LogP) is 4.66. The molecule has 0 aliphatic carbocycles. The summed E-state index contributed by atoms with van der Waals surface area (Å²) in [5.74, 6) is 0.188. The standard InChI is InChI=1S/C17H12BrClN2O2/c1-23-16-7-2-11(9-15(16)18)8-12(10-20)17(22)21-14-5-3-13(19)4-6-14/h2-9H,1H3,(H,21,22). The Bertz CT molecular complexity index is 795. The lowest BCUT2D eigenvalue weighted by Gasteiger charge is -2.06. The zero-order chi connectivity index (χ0) is 16.8. The van der Waals surface area contributed by atoms with Gasteiger partial charge >= 0.3 is 0 Å². The molecular formula is C17H12BrClN2O2. The number of hydrogen-bond acceptors (Lipinski definition) is 3. The number of benzene rings is 2. The lowest BCUT2D eigenvalue weighted by atomic mass is 10.1. The Kier molecular flexibility index (Phi) is 5.80. The summed E-state index contributed by atoms with van der Waals surface area (Å²) in [4.78, 5) is 12.2. The van der Waals surface area contributed by atoms with Gasteiger partial charge in [0.2, 0.25) is 0 Å². The number of nitriles is 1. The Morgan fingerprint density at radius 2 is 2.00 bits per heavy atom. The van der Waals surface area contributed by atoms with E-state index in [4.69, 9.17) is 16.3 Å². The number of ether oxygens (including phenoxy) is 1. The van der Waals surface area contributed by atoms with E-state index in [1.807, 2.05) is 6.07 Å². The van der Waals surface area contributed by atoms with Gasteiger partial charge in [0.1, 0.15) is 17.4 Å². The molecule has 0 aliphatic heterocycles. The summed E-state index contributed by atoms with van der Waals surface area (Å²) in [6.07, 6.45) is 1.51. The number of amides is 1. The normalized spacial score (nSPS) is 10.8. The molecule has 0 radical (unpaired) electrons. The summed E-state index contributed by atoms with van der Waals surface area (Å²) in [6, 6.07) is 13.8. The number of anilines is 1. The number of methoxy groups -OCH3 is 1. The molecule has 0 atom stereocenters. The Morgan fingerprint density at radius 1 is 1.30 bits per heavy atom. The Hall–Kier alpha value is -2.29. The van der Waals surface area contributed by atoms with Crippen LogP contribution < -0.4 is 10.1 Å². The second kappa shape index (κ2) is 7.82. The maximum Gasteiger partial charge on any atom is 0.266 e. The molecule has 2 rings (SSSR count). The molecule has 0 unspecified atom stereocenters. The molecule has 2 aromatic carbocycles. The number of carbonyl (C=O) groups excluding carboxylic acids is 1. The molecule has 0 aromatic heterocycles. The number of nitrogens with one attached hydrogen (secondary N) is 1. The van der Waals surface area contributed by atoms with E-state index in [2.05, 4.69) is 21.2 Å². The van der Waals surface area contributed by atoms with Crippen molar-refractivity contribution in [3.05, 3.63) is 63.1 Å². The second-order valence-corrected chi connectivity index (χ2v) is 5.82. The molecule has 2 aromatic rings. The van der Waals surface area contributed by atoms with Gasteiger partial charge < -0.3 is 10.1 Å². The van der Waals surface area contributed by atoms with E-state index in [1.54, 1.807) is 49.6 Å². The van der Waals surface area contributed by atoms with Gasteiger partial charge in [-0.05, 0) is 64.0 Å². The third kappa shape index (κ3) is 4.59. The lowest BCUT2D eigenvalue weighted by Crippen LogP contribution is -2.13. The predicted molar refractivity (Wildman–Crippen MR) is 94.4 cm³/mol. The fraction of sp³-hybridized carbons (Fsp3) is 0.0588. The molecule has 0 heterocycles. The average Bonchev–Trinajstić information content (AvgIpc) is 2.54. The molecule has 1 amide bonds. The highest BCUT2D eigenvalue weighted by Crippen LogP contribution is 2.26. The van der Waals surface area contributed by atoms with E-state index in [0.29, 0.717) is 22.0 Å². The summed E-state index contributed by atoms with van der Waals surface area (Å²) in [6.45, 7) is 0. The number of halogens is 2. The molecule has 23 heavy (non-hydrogen) atoms. The second-order valence-electron chi connectivity index (χ2n) is 4.52. The smallest absolute Gasteiger partial charge is 0.266 e. The Balaban J connectivity index is 2.21. The molecule has 4 nitrogen and oxygen atoms in total. The Morgan fingerprint density at radius 3 is 2.57 bits per heavy atom. The molecule has 0 saturated carbocycles. The highest BCUT2D eigenvalue weighted by Gasteiger charge is 2.10. The summed E-state index contributed by atoms with van der Waals surface area (Å²) in [5, 5.41) is 12.4. The van der Waals surface area contributed by atoms with Gasteiger partial charge in [-0.3, -0.25) is 4.79 Å². The number of rotatable bonds is 4. The molecule has 0 spiro atoms. The van der Waals surface area contributed by atoms with Crippen molar-refractivity contribution in [2.24, 2.45) is 0 Å². The maximum absolute atomic E-state index is 12.2. The minimum atomic E-state index is -0.484. The first-order chi connectivity index (χ1) is 11.0. The minimum absolute atomic E-state index is 0.00276. The number of nitrogens with zero attached hydrogens (tertiary/aromatic N) is 1. The topological polar surface area (TPSA) is 62.1 Å². The van der Waals surface area contributed by atoms with Crippen molar-refractivity contribution in [1.82, 2.24) is 0 Å². The van der Waals surface area contributed by atoms with Crippen LogP contribution in [0.15, 0.2) is 52.5 Å². The number of carbonyl (C=O) groups is 1. The molecule has 0 saturated heterocycles. The van der Waals surface area contributed by atoms with E-state index in [-0.39, 0.29) is 5.57 Å². The van der Waals surface area contributed by atoms with Crippen LogP contribution in [-0.2, 0) is 4.79 Å². The third-order valence-corrected chi connectivity index (χ3v) is 3.83. The first-order valence-corrected chi connectivity index (χ1v) is 7.73. The van der Waals surface area contributed by atoms with Gasteiger partial charge in [0.15, 0.2) is 0 Å². The summed E-state index contributed by atoms with van der Waals surface area (Å²) >= 11 is 9.16. The molecule has 1 N–H and O–H groups in total. The third-order valence-electron chi connectivity index (χ3n) is 2.95. The molecule has 0 fully saturated rings. The van der Waals surface area contributed by atoms with Crippen LogP contribution in [0.4, 0.5) is 5.69 Å². The van der Waals surface area contributed by atoms with Gasteiger partial charge in [-0.1, -0.05) is 17.7 Å². The molecule has 6 heteroatoms. The maximum atomic E-state index is 12.2. The van der Waals surface area contributed by atoms with Crippen molar-refractivity contribution < 1.29 is 9.53 Å². The van der Waals surface area contributed by atoms with Gasteiger partial charge in [0.05, 0.1) is 11.6 Å². The largest absolute Gasteiger partial charge is 0.496 e. The fourth-order valence-corrected chi connectivity index (χ4v) is 2.50. The molecular weight excluding hydrogens is 380 g/mol. The summed E-state index contributed by atoms with van der Waals surface area (Å²) in [5.41, 5.74) is 1.27. The van der Waals surface area contributed by atoms with Gasteiger partial charge in [0, 0.05) is 10.7 Å². The van der Waals surface area contributed by atoms with Gasteiger partial charge in [0.25, 0.3) is 5.91 Å². The van der Waals surface area contributed by atoms with E-state index < -0.39 is 5.91 Å². The van der Waals surface area contributed by atoms with Crippen molar-refractivity contribution in [2.45, 2.75) is 0 Å². The minimum Gasteiger partial charge on any atom is -0.496 e. The molecule has 116 valence electrons. The van der Waals surface area contributed by atoms with Gasteiger partial charge in [-0.25, -0.2) is 0 Å². The van der Waals surface area contributed by atoms with E-state index >= 15 is 0 Å². The zero-order valence-corrected chi connectivity index (χ0v) is 14.5. The van der Waals surface area contributed by atoms with Gasteiger partial charge in [-0.15, -0.1) is 0 Å². The quantitative estimate of drug-likeness (QED) is 0.609. The van der Waals surface area contributed by atoms with Crippen LogP contribution in [-0.4, -0.2) is 13.0 Å².